The van der Waals surface area contributed by atoms with Crippen LogP contribution in [0.4, 0.5) is 0 Å². The van der Waals surface area contributed by atoms with Gasteiger partial charge in [0.15, 0.2) is 0 Å². The van der Waals surface area contributed by atoms with Crippen LogP contribution >= 0.6 is 0 Å². The second-order valence-corrected chi connectivity index (χ2v) is 12.2. The molecule has 0 aromatic heterocycles. The third-order valence-electron chi connectivity index (χ3n) is 10.2. The average Bonchev–Trinajstić information content (AvgIpc) is 3.03. The number of hydrogen-bond acceptors (Lipinski definition) is 0. The molecule has 3 atom stereocenters. The van der Waals surface area contributed by atoms with Gasteiger partial charge in [0.05, 0.1) is 0 Å². The number of hydrogen-bond donors (Lipinski definition) is 0. The van der Waals surface area contributed by atoms with Gasteiger partial charge in [-0.05, 0) is 90.7 Å². The molecule has 0 bridgehead atoms. The molecule has 2 aliphatic rings. The number of fused-ring (bicyclic) bond motifs is 4. The van der Waals surface area contributed by atoms with E-state index in [1.165, 1.54) is 99.5 Å². The summed E-state index contributed by atoms with van der Waals surface area (Å²) < 4.78 is 0. The van der Waals surface area contributed by atoms with Crippen molar-refractivity contribution in [2.24, 2.45) is 11.8 Å². The highest BCUT2D eigenvalue weighted by Crippen LogP contribution is 2.50. The minimum absolute atomic E-state index is 0.714. The van der Waals surface area contributed by atoms with E-state index in [-0.39, 0.29) is 0 Å². The Morgan fingerprint density at radius 3 is 1.82 bits per heavy atom. The Bertz CT molecular complexity index is 1790. The molecule has 0 nitrogen and oxygen atoms in total. The van der Waals surface area contributed by atoms with Crippen LogP contribution in [0.2, 0.25) is 0 Å². The van der Waals surface area contributed by atoms with Gasteiger partial charge in [0.1, 0.15) is 0 Å². The van der Waals surface area contributed by atoms with Crippen LogP contribution < -0.4 is 0 Å². The van der Waals surface area contributed by atoms with Crippen molar-refractivity contribution >= 4 is 32.3 Å². The van der Waals surface area contributed by atoms with Gasteiger partial charge in [0.2, 0.25) is 0 Å². The summed E-state index contributed by atoms with van der Waals surface area (Å²) in [5, 5.41) is 7.97. The molecule has 0 N–H and O–H groups in total. The molecule has 6 aromatic rings. The Morgan fingerprint density at radius 1 is 0.450 bits per heavy atom. The zero-order valence-corrected chi connectivity index (χ0v) is 23.2. The molecule has 0 aliphatic heterocycles. The van der Waals surface area contributed by atoms with Gasteiger partial charge in [0, 0.05) is 0 Å². The van der Waals surface area contributed by atoms with Crippen molar-refractivity contribution in [3.05, 3.63) is 121 Å². The molecule has 2 fully saturated rings. The molecule has 3 unspecified atom stereocenters. The quantitative estimate of drug-likeness (QED) is 0.205. The van der Waals surface area contributed by atoms with E-state index in [2.05, 4.69) is 115 Å². The highest BCUT2D eigenvalue weighted by Gasteiger charge is 2.35. The molecule has 0 heterocycles. The second kappa shape index (κ2) is 9.93. The minimum Gasteiger partial charge on any atom is -0.0616 e. The van der Waals surface area contributed by atoms with Gasteiger partial charge < -0.3 is 0 Å². The summed E-state index contributed by atoms with van der Waals surface area (Å²) >= 11 is 0. The van der Waals surface area contributed by atoms with E-state index in [0.717, 1.165) is 11.8 Å². The van der Waals surface area contributed by atoms with Crippen LogP contribution in [-0.2, 0) is 0 Å². The Morgan fingerprint density at radius 2 is 1.05 bits per heavy atom. The van der Waals surface area contributed by atoms with E-state index in [0.29, 0.717) is 5.92 Å². The molecule has 0 heteroatoms. The maximum absolute atomic E-state index is 2.56. The standard InChI is InChI=1S/C40H36/c1-3-18-31-27(12-1)14-10-24-33(31)29-16-9-17-30(26-29)39-35-20-5-7-22-37(35)40(38-23-8-6-21-36(38)39)34-25-11-15-28-13-2-4-19-32(28)34/h2,4-9,11,13,15-17,19-23,25-27,31,33H,1,3,10,12,14,18,24H2. The third-order valence-corrected chi connectivity index (χ3v) is 10.2. The lowest BCUT2D eigenvalue weighted by Gasteiger charge is -2.41. The predicted molar refractivity (Wildman–Crippen MR) is 172 cm³/mol. The van der Waals surface area contributed by atoms with Crippen molar-refractivity contribution in [2.75, 3.05) is 0 Å². The molecule has 196 valence electrons. The Balaban J connectivity index is 1.37. The van der Waals surface area contributed by atoms with Crippen molar-refractivity contribution < 1.29 is 0 Å². The van der Waals surface area contributed by atoms with Crippen molar-refractivity contribution in [1.29, 1.82) is 0 Å². The molecule has 40 heavy (non-hydrogen) atoms. The summed E-state index contributed by atoms with van der Waals surface area (Å²) in [7, 11) is 0. The molecular formula is C40H36. The largest absolute Gasteiger partial charge is 0.0616 e. The summed E-state index contributed by atoms with van der Waals surface area (Å²) in [5.74, 6) is 2.53. The monoisotopic (exact) mass is 516 g/mol. The van der Waals surface area contributed by atoms with E-state index in [1.807, 2.05) is 0 Å². The van der Waals surface area contributed by atoms with E-state index in [4.69, 9.17) is 0 Å². The third kappa shape index (κ3) is 3.88. The van der Waals surface area contributed by atoms with Gasteiger partial charge in [-0.1, -0.05) is 147 Å². The smallest absolute Gasteiger partial charge is 0.00201 e. The summed E-state index contributed by atoms with van der Waals surface area (Å²) in [6.07, 6.45) is 9.92. The summed E-state index contributed by atoms with van der Waals surface area (Å²) in [4.78, 5) is 0. The van der Waals surface area contributed by atoms with Gasteiger partial charge in [-0.25, -0.2) is 0 Å². The maximum Gasteiger partial charge on any atom is -0.00201 e. The molecule has 0 saturated heterocycles. The van der Waals surface area contributed by atoms with Crippen LogP contribution in [0.5, 0.6) is 0 Å². The molecular weight excluding hydrogens is 480 g/mol. The van der Waals surface area contributed by atoms with Crippen LogP contribution in [0.25, 0.3) is 54.6 Å². The summed E-state index contributed by atoms with van der Waals surface area (Å²) in [6, 6.07) is 43.4. The zero-order valence-electron chi connectivity index (χ0n) is 23.2. The highest BCUT2D eigenvalue weighted by atomic mass is 14.4. The predicted octanol–water partition coefficient (Wildman–Crippen LogP) is 11.6. The van der Waals surface area contributed by atoms with Crippen molar-refractivity contribution in [2.45, 2.75) is 50.9 Å². The van der Waals surface area contributed by atoms with Gasteiger partial charge in [-0.15, -0.1) is 0 Å². The Kier molecular flexibility index (Phi) is 5.95. The average molecular weight is 517 g/mol. The SMILES string of the molecule is c1cc(-c2c3ccccc3c(-c3cccc4ccccc34)c3ccccc23)cc(C2CCCC3CCCCC32)c1. The molecule has 6 aromatic carbocycles. The Labute approximate surface area is 237 Å². The molecule has 0 spiro atoms. The number of benzene rings is 6. The normalized spacial score (nSPS) is 21.1. The lowest BCUT2D eigenvalue weighted by molar-refractivity contribution is 0.144. The van der Waals surface area contributed by atoms with Crippen LogP contribution in [0.3, 0.4) is 0 Å². The minimum atomic E-state index is 0.714. The summed E-state index contributed by atoms with van der Waals surface area (Å²) in [5.41, 5.74) is 6.98. The fourth-order valence-electron chi connectivity index (χ4n) is 8.45. The fraction of sp³-hybridized carbons (Fsp3) is 0.250. The molecule has 2 saturated carbocycles. The molecule has 0 amide bonds. The summed E-state index contributed by atoms with van der Waals surface area (Å²) in [6.45, 7) is 0. The first-order valence-corrected chi connectivity index (χ1v) is 15.4. The van der Waals surface area contributed by atoms with E-state index in [9.17, 15) is 0 Å². The lowest BCUT2D eigenvalue weighted by Crippen LogP contribution is -2.29. The topological polar surface area (TPSA) is 0 Å². The van der Waals surface area contributed by atoms with Crippen LogP contribution in [0.1, 0.15) is 56.4 Å². The van der Waals surface area contributed by atoms with Gasteiger partial charge in [-0.2, -0.15) is 0 Å². The first kappa shape index (κ1) is 23.9. The van der Waals surface area contributed by atoms with E-state index < -0.39 is 0 Å². The molecule has 0 radical (unpaired) electrons. The second-order valence-electron chi connectivity index (χ2n) is 12.2. The first-order valence-electron chi connectivity index (χ1n) is 15.4. The van der Waals surface area contributed by atoms with Crippen molar-refractivity contribution in [1.82, 2.24) is 0 Å². The van der Waals surface area contributed by atoms with Crippen LogP contribution in [0, 0.1) is 11.8 Å². The first-order chi connectivity index (χ1) is 19.9. The van der Waals surface area contributed by atoms with Gasteiger partial charge in [-0.3, -0.25) is 0 Å². The van der Waals surface area contributed by atoms with Crippen molar-refractivity contribution in [3.63, 3.8) is 0 Å². The van der Waals surface area contributed by atoms with Gasteiger partial charge in [0.25, 0.3) is 0 Å². The van der Waals surface area contributed by atoms with Crippen LogP contribution in [0.15, 0.2) is 115 Å². The zero-order chi connectivity index (χ0) is 26.5. The van der Waals surface area contributed by atoms with Gasteiger partial charge >= 0.3 is 0 Å². The number of rotatable bonds is 3. The molecule has 2 aliphatic carbocycles. The lowest BCUT2D eigenvalue weighted by atomic mass is 9.63. The Hall–Kier alpha value is -3.90. The van der Waals surface area contributed by atoms with Crippen LogP contribution in [-0.4, -0.2) is 0 Å². The van der Waals surface area contributed by atoms with E-state index >= 15 is 0 Å². The fourth-order valence-corrected chi connectivity index (χ4v) is 8.45. The van der Waals surface area contributed by atoms with Crippen molar-refractivity contribution in [3.8, 4) is 22.3 Å². The maximum atomic E-state index is 2.56. The highest BCUT2D eigenvalue weighted by molar-refractivity contribution is 6.23. The van der Waals surface area contributed by atoms with E-state index in [1.54, 1.807) is 5.56 Å². The molecule has 8 rings (SSSR count).